The first kappa shape index (κ1) is 13.5. The fourth-order valence-electron chi connectivity index (χ4n) is 2.26. The summed E-state index contributed by atoms with van der Waals surface area (Å²) < 4.78 is 13.5. The second-order valence-electron chi connectivity index (χ2n) is 5.20. The summed E-state index contributed by atoms with van der Waals surface area (Å²) in [5, 5.41) is 0. The van der Waals surface area contributed by atoms with Gasteiger partial charge in [-0.15, -0.1) is 0 Å². The van der Waals surface area contributed by atoms with E-state index in [0.717, 1.165) is 0 Å². The van der Waals surface area contributed by atoms with Crippen LogP contribution < -0.4 is 15.2 Å². The van der Waals surface area contributed by atoms with Crippen LogP contribution in [0.1, 0.15) is 30.2 Å². The Labute approximate surface area is 121 Å². The minimum Gasteiger partial charge on any atom is -0.454 e. The van der Waals surface area contributed by atoms with Crippen molar-refractivity contribution >= 4 is 5.78 Å². The van der Waals surface area contributed by atoms with Gasteiger partial charge in [0.25, 0.3) is 0 Å². The van der Waals surface area contributed by atoms with Crippen molar-refractivity contribution in [2.45, 2.75) is 26.4 Å². The third-order valence-corrected chi connectivity index (χ3v) is 3.44. The Morgan fingerprint density at radius 1 is 1.24 bits per heavy atom. The van der Waals surface area contributed by atoms with E-state index in [-0.39, 0.29) is 30.9 Å². The van der Waals surface area contributed by atoms with Gasteiger partial charge in [-0.25, -0.2) is 4.79 Å². The lowest BCUT2D eigenvalue weighted by Gasteiger charge is -2.05. The van der Waals surface area contributed by atoms with Gasteiger partial charge in [0, 0.05) is 24.0 Å². The standard InChI is InChI=1S/C15H16N2O4/c1-10(2)17-6-5-16(15(17)19)8-12(18)11-3-4-13-14(7-11)21-9-20-13/h3-7,10H,8-9H2,1-2H3. The van der Waals surface area contributed by atoms with Gasteiger partial charge < -0.3 is 9.47 Å². The van der Waals surface area contributed by atoms with E-state index in [0.29, 0.717) is 17.1 Å². The number of ketones is 1. The molecule has 0 spiro atoms. The molecule has 21 heavy (non-hydrogen) atoms. The molecular weight excluding hydrogens is 272 g/mol. The predicted octanol–water partition coefficient (Wildman–Crippen LogP) is 1.84. The van der Waals surface area contributed by atoms with Gasteiger partial charge in [0.1, 0.15) is 0 Å². The monoisotopic (exact) mass is 288 g/mol. The molecule has 0 N–H and O–H groups in total. The van der Waals surface area contributed by atoms with Gasteiger partial charge in [-0.3, -0.25) is 13.9 Å². The molecule has 2 heterocycles. The normalized spacial score (nSPS) is 12.9. The molecule has 2 aromatic rings. The zero-order chi connectivity index (χ0) is 15.0. The van der Waals surface area contributed by atoms with Crippen molar-refractivity contribution in [1.82, 2.24) is 9.13 Å². The molecule has 0 radical (unpaired) electrons. The molecule has 0 saturated heterocycles. The maximum Gasteiger partial charge on any atom is 0.328 e. The Balaban J connectivity index is 1.82. The predicted molar refractivity (Wildman–Crippen MR) is 76.0 cm³/mol. The molecule has 0 amide bonds. The Morgan fingerprint density at radius 3 is 2.71 bits per heavy atom. The van der Waals surface area contributed by atoms with Crippen LogP contribution in [0.2, 0.25) is 0 Å². The zero-order valence-corrected chi connectivity index (χ0v) is 11.9. The Morgan fingerprint density at radius 2 is 2.00 bits per heavy atom. The lowest BCUT2D eigenvalue weighted by Crippen LogP contribution is -2.27. The number of nitrogens with zero attached hydrogens (tertiary/aromatic N) is 2. The van der Waals surface area contributed by atoms with E-state index < -0.39 is 0 Å². The first-order valence-corrected chi connectivity index (χ1v) is 6.76. The number of ether oxygens (including phenoxy) is 2. The number of aromatic nitrogens is 2. The second-order valence-corrected chi connectivity index (χ2v) is 5.20. The molecular formula is C15H16N2O4. The summed E-state index contributed by atoms with van der Waals surface area (Å²) in [6.07, 6.45) is 3.33. The van der Waals surface area contributed by atoms with Gasteiger partial charge in [-0.1, -0.05) is 0 Å². The Hall–Kier alpha value is -2.50. The van der Waals surface area contributed by atoms with Crippen LogP contribution in [-0.4, -0.2) is 21.7 Å². The molecule has 0 bridgehead atoms. The molecule has 0 atom stereocenters. The average molecular weight is 288 g/mol. The molecule has 6 heteroatoms. The van der Waals surface area contributed by atoms with Crippen molar-refractivity contribution in [3.05, 3.63) is 46.6 Å². The third kappa shape index (κ3) is 2.44. The Bertz CT molecular complexity index is 742. The van der Waals surface area contributed by atoms with Gasteiger partial charge in [-0.2, -0.15) is 0 Å². The van der Waals surface area contributed by atoms with Gasteiger partial charge in [-0.05, 0) is 32.0 Å². The smallest absolute Gasteiger partial charge is 0.328 e. The van der Waals surface area contributed by atoms with Crippen LogP contribution in [0, 0.1) is 0 Å². The molecule has 1 aromatic heterocycles. The number of benzene rings is 1. The van der Waals surface area contributed by atoms with Crippen LogP contribution in [0.4, 0.5) is 0 Å². The van der Waals surface area contributed by atoms with Crippen molar-refractivity contribution in [3.8, 4) is 11.5 Å². The van der Waals surface area contributed by atoms with Crippen LogP contribution in [0.3, 0.4) is 0 Å². The number of Topliss-reactive ketones (excluding diaryl/α,β-unsaturated/α-hetero) is 1. The summed E-state index contributed by atoms with van der Waals surface area (Å²) in [7, 11) is 0. The molecule has 110 valence electrons. The molecule has 0 saturated carbocycles. The van der Waals surface area contributed by atoms with E-state index in [1.54, 1.807) is 35.2 Å². The van der Waals surface area contributed by atoms with Crippen molar-refractivity contribution in [2.24, 2.45) is 0 Å². The summed E-state index contributed by atoms with van der Waals surface area (Å²) in [5.74, 6) is 1.06. The van der Waals surface area contributed by atoms with E-state index in [2.05, 4.69) is 0 Å². The summed E-state index contributed by atoms with van der Waals surface area (Å²) in [5.41, 5.74) is 0.322. The largest absolute Gasteiger partial charge is 0.454 e. The van der Waals surface area contributed by atoms with E-state index in [1.165, 1.54) is 4.57 Å². The fourth-order valence-corrected chi connectivity index (χ4v) is 2.26. The maximum absolute atomic E-state index is 12.3. The lowest BCUT2D eigenvalue weighted by molar-refractivity contribution is 0.0970. The molecule has 0 unspecified atom stereocenters. The molecule has 3 rings (SSSR count). The van der Waals surface area contributed by atoms with Gasteiger partial charge >= 0.3 is 5.69 Å². The van der Waals surface area contributed by atoms with Crippen molar-refractivity contribution in [1.29, 1.82) is 0 Å². The van der Waals surface area contributed by atoms with E-state index in [9.17, 15) is 9.59 Å². The summed E-state index contributed by atoms with van der Waals surface area (Å²) >= 11 is 0. The van der Waals surface area contributed by atoms with Crippen molar-refractivity contribution < 1.29 is 14.3 Å². The molecule has 0 fully saturated rings. The van der Waals surface area contributed by atoms with Crippen LogP contribution in [-0.2, 0) is 6.54 Å². The number of hydrogen-bond acceptors (Lipinski definition) is 4. The third-order valence-electron chi connectivity index (χ3n) is 3.44. The van der Waals surface area contributed by atoms with Gasteiger partial charge in [0.05, 0.1) is 6.54 Å². The van der Waals surface area contributed by atoms with E-state index in [4.69, 9.17) is 9.47 Å². The fraction of sp³-hybridized carbons (Fsp3) is 0.333. The number of fused-ring (bicyclic) bond motifs is 1. The summed E-state index contributed by atoms with van der Waals surface area (Å²) in [6.45, 7) is 4.03. The highest BCUT2D eigenvalue weighted by atomic mass is 16.7. The number of carbonyl (C=O) groups is 1. The van der Waals surface area contributed by atoms with Crippen molar-refractivity contribution in [2.75, 3.05) is 6.79 Å². The minimum atomic E-state index is -0.181. The van der Waals surface area contributed by atoms with Gasteiger partial charge in [0.2, 0.25) is 6.79 Å². The van der Waals surface area contributed by atoms with Crippen LogP contribution in [0.25, 0.3) is 0 Å². The summed E-state index contributed by atoms with van der Waals surface area (Å²) in [4.78, 5) is 24.4. The highest BCUT2D eigenvalue weighted by Gasteiger charge is 2.17. The highest BCUT2D eigenvalue weighted by Crippen LogP contribution is 2.32. The first-order valence-electron chi connectivity index (χ1n) is 6.76. The Kier molecular flexibility index (Phi) is 3.29. The molecule has 6 nitrogen and oxygen atoms in total. The average Bonchev–Trinajstić information content (AvgIpc) is 3.05. The lowest BCUT2D eigenvalue weighted by atomic mass is 10.1. The maximum atomic E-state index is 12.3. The molecule has 0 aliphatic carbocycles. The van der Waals surface area contributed by atoms with Crippen molar-refractivity contribution in [3.63, 3.8) is 0 Å². The van der Waals surface area contributed by atoms with Crippen LogP contribution in [0.15, 0.2) is 35.4 Å². The number of rotatable bonds is 4. The van der Waals surface area contributed by atoms with Gasteiger partial charge in [0.15, 0.2) is 17.3 Å². The second kappa shape index (κ2) is 5.12. The van der Waals surface area contributed by atoms with E-state index in [1.807, 2.05) is 13.8 Å². The topological polar surface area (TPSA) is 62.5 Å². The number of hydrogen-bond donors (Lipinski definition) is 0. The quantitative estimate of drug-likeness (QED) is 0.805. The molecule has 1 aromatic carbocycles. The zero-order valence-electron chi connectivity index (χ0n) is 11.9. The summed E-state index contributed by atoms with van der Waals surface area (Å²) in [6, 6.07) is 5.10. The highest BCUT2D eigenvalue weighted by molar-refractivity contribution is 5.96. The first-order chi connectivity index (χ1) is 10.1. The minimum absolute atomic E-state index is 0.0121. The van der Waals surface area contributed by atoms with Crippen LogP contribution >= 0.6 is 0 Å². The molecule has 1 aliphatic rings. The SMILES string of the molecule is CC(C)n1ccn(CC(=O)c2ccc3c(c2)OCO3)c1=O. The molecule has 1 aliphatic heterocycles. The van der Waals surface area contributed by atoms with Crippen LogP contribution in [0.5, 0.6) is 11.5 Å². The van der Waals surface area contributed by atoms with E-state index >= 15 is 0 Å². The number of imidazole rings is 1. The number of carbonyl (C=O) groups excluding carboxylic acids is 1.